The van der Waals surface area contributed by atoms with Crippen molar-refractivity contribution in [3.05, 3.63) is 59.9 Å². The van der Waals surface area contributed by atoms with Crippen molar-refractivity contribution in [3.8, 4) is 0 Å². The molecule has 1 fully saturated rings. The second kappa shape index (κ2) is 5.79. The second-order valence-electron chi connectivity index (χ2n) is 6.16. The van der Waals surface area contributed by atoms with Gasteiger partial charge in [-0.05, 0) is 35.9 Å². The number of carbonyl (C=O) groups excluding carboxylic acids is 1. The number of carbonyl (C=O) groups is 1. The zero-order valence-corrected chi connectivity index (χ0v) is 12.9. The molecule has 3 N–H and O–H groups in total. The average Bonchev–Trinajstić information content (AvgIpc) is 2.57. The maximum absolute atomic E-state index is 13.0. The largest absolute Gasteiger partial charge is 0.394 e. The molecule has 2 aromatic rings. The summed E-state index contributed by atoms with van der Waals surface area (Å²) in [5.74, 6) is -0.218. The van der Waals surface area contributed by atoms with Crippen molar-refractivity contribution < 1.29 is 14.3 Å². The Morgan fingerprint density at radius 3 is 2.75 bits per heavy atom. The predicted molar refractivity (Wildman–Crippen MR) is 89.6 cm³/mol. The predicted octanol–water partition coefficient (Wildman–Crippen LogP) is 2.61. The summed E-state index contributed by atoms with van der Waals surface area (Å²) in [6.07, 6.45) is 0. The van der Waals surface area contributed by atoms with Crippen LogP contribution in [0.4, 0.5) is 20.6 Å². The lowest BCUT2D eigenvalue weighted by Gasteiger charge is -2.57. The van der Waals surface area contributed by atoms with E-state index in [1.807, 2.05) is 24.3 Å². The third-order valence-electron chi connectivity index (χ3n) is 4.88. The molecule has 124 valence electrons. The van der Waals surface area contributed by atoms with Crippen LogP contribution in [0.2, 0.25) is 0 Å². The van der Waals surface area contributed by atoms with Gasteiger partial charge in [0.2, 0.25) is 0 Å². The normalized spacial score (nSPS) is 24.2. The molecule has 0 radical (unpaired) electrons. The van der Waals surface area contributed by atoms with Crippen molar-refractivity contribution in [2.75, 3.05) is 23.8 Å². The number of rotatable bonds is 2. The van der Waals surface area contributed by atoms with Crippen LogP contribution in [0.3, 0.4) is 0 Å². The molecule has 2 heterocycles. The van der Waals surface area contributed by atoms with Crippen LogP contribution in [0, 0.1) is 5.82 Å². The second-order valence-corrected chi connectivity index (χ2v) is 6.16. The molecule has 2 aromatic carbocycles. The number of hydrogen-bond donors (Lipinski definition) is 3. The molecule has 2 amide bonds. The number of amides is 2. The Hall–Kier alpha value is -2.60. The van der Waals surface area contributed by atoms with Gasteiger partial charge in [-0.2, -0.15) is 0 Å². The highest BCUT2D eigenvalue weighted by atomic mass is 19.1. The van der Waals surface area contributed by atoms with Gasteiger partial charge in [0, 0.05) is 23.8 Å². The zero-order chi connectivity index (χ0) is 16.7. The number of nitrogens with zero attached hydrogens (tertiary/aromatic N) is 1. The summed E-state index contributed by atoms with van der Waals surface area (Å²) in [5.41, 5.74) is 2.74. The Morgan fingerprint density at radius 2 is 2.00 bits per heavy atom. The number of fused-ring (bicyclic) bond motifs is 3. The fraction of sp³-hybridized carbons (Fsp3) is 0.278. The van der Waals surface area contributed by atoms with E-state index < -0.39 is 0 Å². The number of urea groups is 1. The maximum atomic E-state index is 13.0. The summed E-state index contributed by atoms with van der Waals surface area (Å²) in [6.45, 7) is 0.557. The summed E-state index contributed by atoms with van der Waals surface area (Å²) in [4.78, 5) is 14.3. The zero-order valence-electron chi connectivity index (χ0n) is 12.9. The number of aliphatic hydroxyl groups is 1. The molecule has 0 unspecified atom stereocenters. The van der Waals surface area contributed by atoms with Gasteiger partial charge in [-0.25, -0.2) is 9.18 Å². The van der Waals surface area contributed by atoms with E-state index in [0.717, 1.165) is 11.3 Å². The number of halogens is 1. The number of anilines is 2. The van der Waals surface area contributed by atoms with Crippen molar-refractivity contribution in [1.82, 2.24) is 4.90 Å². The number of likely N-dealkylation sites (tertiary alicyclic amines) is 1. The highest BCUT2D eigenvalue weighted by Crippen LogP contribution is 2.46. The highest BCUT2D eigenvalue weighted by molar-refractivity contribution is 5.91. The van der Waals surface area contributed by atoms with Crippen molar-refractivity contribution in [1.29, 1.82) is 0 Å². The van der Waals surface area contributed by atoms with E-state index in [0.29, 0.717) is 12.2 Å². The van der Waals surface area contributed by atoms with Crippen molar-refractivity contribution >= 4 is 17.4 Å². The van der Waals surface area contributed by atoms with Crippen LogP contribution in [0.5, 0.6) is 0 Å². The van der Waals surface area contributed by atoms with E-state index in [1.165, 1.54) is 24.3 Å². The minimum atomic E-state index is -0.349. The van der Waals surface area contributed by atoms with E-state index in [2.05, 4.69) is 10.6 Å². The molecule has 0 aromatic heterocycles. The van der Waals surface area contributed by atoms with Crippen LogP contribution >= 0.6 is 0 Å². The van der Waals surface area contributed by atoms with Crippen LogP contribution in [0.15, 0.2) is 48.5 Å². The van der Waals surface area contributed by atoms with E-state index in [1.54, 1.807) is 4.90 Å². The first-order valence-electron chi connectivity index (χ1n) is 7.97. The molecule has 0 aliphatic carbocycles. The van der Waals surface area contributed by atoms with Crippen LogP contribution in [0.25, 0.3) is 0 Å². The first kappa shape index (κ1) is 15.0. The standard InChI is InChI=1S/C18H18FN3O2/c19-11-5-7-12(8-6-11)21-18(24)22-15-9-20-14-4-2-1-3-13(14)17(15)16(22)10-23/h1-8,15-17,20,23H,9-10H2,(H,21,24)/t15-,16+,17+/m1/s1. The molecule has 5 nitrogen and oxygen atoms in total. The summed E-state index contributed by atoms with van der Waals surface area (Å²) in [6, 6.07) is 13.1. The Morgan fingerprint density at radius 1 is 1.25 bits per heavy atom. The van der Waals surface area contributed by atoms with E-state index in [9.17, 15) is 14.3 Å². The quantitative estimate of drug-likeness (QED) is 0.794. The summed E-state index contributed by atoms with van der Waals surface area (Å²) in [5, 5.41) is 15.9. The third kappa shape index (κ3) is 2.30. The molecule has 24 heavy (non-hydrogen) atoms. The molecule has 4 rings (SSSR count). The molecule has 1 saturated heterocycles. The molecule has 2 aliphatic rings. The van der Waals surface area contributed by atoms with Gasteiger partial charge < -0.3 is 20.6 Å². The van der Waals surface area contributed by atoms with E-state index in [-0.39, 0.29) is 36.5 Å². The highest BCUT2D eigenvalue weighted by Gasteiger charge is 2.53. The minimum Gasteiger partial charge on any atom is -0.394 e. The van der Waals surface area contributed by atoms with Crippen LogP contribution in [-0.4, -0.2) is 41.3 Å². The molecule has 0 spiro atoms. The summed E-state index contributed by atoms with van der Waals surface area (Å²) in [7, 11) is 0. The lowest BCUT2D eigenvalue weighted by atomic mass is 9.73. The van der Waals surface area contributed by atoms with Crippen LogP contribution in [0.1, 0.15) is 11.5 Å². The molecule has 0 bridgehead atoms. The van der Waals surface area contributed by atoms with Gasteiger partial charge in [-0.1, -0.05) is 18.2 Å². The smallest absolute Gasteiger partial charge is 0.322 e. The van der Waals surface area contributed by atoms with Crippen LogP contribution < -0.4 is 10.6 Å². The van der Waals surface area contributed by atoms with E-state index >= 15 is 0 Å². The number of nitrogens with one attached hydrogen (secondary N) is 2. The molecule has 6 heteroatoms. The fourth-order valence-electron chi connectivity index (χ4n) is 3.77. The summed E-state index contributed by atoms with van der Waals surface area (Å²) >= 11 is 0. The van der Waals surface area contributed by atoms with Gasteiger partial charge in [0.1, 0.15) is 5.82 Å². The first-order chi connectivity index (χ1) is 11.7. The third-order valence-corrected chi connectivity index (χ3v) is 4.88. The molecular weight excluding hydrogens is 309 g/mol. The van der Waals surface area contributed by atoms with Gasteiger partial charge in [-0.3, -0.25) is 0 Å². The number of benzene rings is 2. The maximum Gasteiger partial charge on any atom is 0.322 e. The Labute approximate surface area is 139 Å². The van der Waals surface area contributed by atoms with Crippen molar-refractivity contribution in [3.63, 3.8) is 0 Å². The molecule has 2 aliphatic heterocycles. The van der Waals surface area contributed by atoms with Crippen molar-refractivity contribution in [2.45, 2.75) is 18.0 Å². The molecular formula is C18H18FN3O2. The number of para-hydroxylation sites is 1. The van der Waals surface area contributed by atoms with Gasteiger partial charge in [0.15, 0.2) is 0 Å². The van der Waals surface area contributed by atoms with Gasteiger partial charge in [-0.15, -0.1) is 0 Å². The Bertz CT molecular complexity index is 765. The number of hydrogen-bond acceptors (Lipinski definition) is 3. The van der Waals surface area contributed by atoms with E-state index in [4.69, 9.17) is 0 Å². The van der Waals surface area contributed by atoms with Crippen LogP contribution in [-0.2, 0) is 0 Å². The summed E-state index contributed by atoms with van der Waals surface area (Å²) < 4.78 is 13.0. The minimum absolute atomic E-state index is 0.00232. The first-order valence-corrected chi connectivity index (χ1v) is 7.97. The average molecular weight is 327 g/mol. The molecule has 3 atom stereocenters. The van der Waals surface area contributed by atoms with Crippen molar-refractivity contribution in [2.24, 2.45) is 0 Å². The monoisotopic (exact) mass is 327 g/mol. The Kier molecular flexibility index (Phi) is 3.61. The number of aliphatic hydroxyl groups excluding tert-OH is 1. The molecule has 0 saturated carbocycles. The lowest BCUT2D eigenvalue weighted by Crippen LogP contribution is -2.69. The van der Waals surface area contributed by atoms with Gasteiger partial charge in [0.05, 0.1) is 18.7 Å². The SMILES string of the molecule is O=C(Nc1ccc(F)cc1)N1[C@@H]2CNc3ccccc3[C@@H]2[C@@H]1CO. The van der Waals surface area contributed by atoms with Gasteiger partial charge >= 0.3 is 6.03 Å². The fourth-order valence-corrected chi connectivity index (χ4v) is 3.77. The van der Waals surface area contributed by atoms with Gasteiger partial charge in [0.25, 0.3) is 0 Å². The lowest BCUT2D eigenvalue weighted by molar-refractivity contribution is 0.000872. The topological polar surface area (TPSA) is 64.6 Å². The Balaban J connectivity index is 1.54.